The van der Waals surface area contributed by atoms with Crippen LogP contribution in [0.25, 0.3) is 0 Å². The molecule has 0 unspecified atom stereocenters. The molecule has 4 nitrogen and oxygen atoms in total. The lowest BCUT2D eigenvalue weighted by molar-refractivity contribution is -0.178. The minimum atomic E-state index is -0.835. The van der Waals surface area contributed by atoms with Crippen LogP contribution >= 0.6 is 0 Å². The first-order valence-corrected chi connectivity index (χ1v) is 9.68. The maximum Gasteiger partial charge on any atom is 0.166 e. The zero-order chi connectivity index (χ0) is 17.0. The van der Waals surface area contributed by atoms with Crippen molar-refractivity contribution in [1.29, 1.82) is 0 Å². The van der Waals surface area contributed by atoms with E-state index in [1.54, 1.807) is 6.07 Å². The Bertz CT molecular complexity index is 816. The highest BCUT2D eigenvalue weighted by molar-refractivity contribution is 5.64. The summed E-state index contributed by atoms with van der Waals surface area (Å²) >= 11 is 0. The maximum atomic E-state index is 12.3. The van der Waals surface area contributed by atoms with Crippen molar-refractivity contribution >= 4 is 0 Å². The van der Waals surface area contributed by atoms with Crippen LogP contribution in [0.4, 0.5) is 0 Å². The van der Waals surface area contributed by atoms with Crippen molar-refractivity contribution in [3.05, 3.63) is 35.4 Å². The summed E-state index contributed by atoms with van der Waals surface area (Å²) in [5, 5.41) is 26.5. The van der Waals surface area contributed by atoms with Crippen molar-refractivity contribution in [2.75, 3.05) is 6.54 Å². The highest BCUT2D eigenvalue weighted by Gasteiger charge is 2.75. The van der Waals surface area contributed by atoms with Gasteiger partial charge in [-0.2, -0.15) is 0 Å². The molecular formula is C21H25NO3. The van der Waals surface area contributed by atoms with Gasteiger partial charge in [0.05, 0.1) is 16.6 Å². The lowest BCUT2D eigenvalue weighted by Gasteiger charge is -2.66. The number of phenols is 1. The molecule has 4 atom stereocenters. The second kappa shape index (κ2) is 4.24. The smallest absolute Gasteiger partial charge is 0.166 e. The zero-order valence-corrected chi connectivity index (χ0v) is 14.5. The molecule has 1 spiro atoms. The van der Waals surface area contributed by atoms with Crippen LogP contribution < -0.4 is 10.1 Å². The zero-order valence-electron chi connectivity index (χ0n) is 14.5. The van der Waals surface area contributed by atoms with Crippen LogP contribution in [0.1, 0.15) is 49.7 Å². The van der Waals surface area contributed by atoms with E-state index in [1.165, 1.54) is 18.4 Å². The molecule has 0 radical (unpaired) electrons. The molecule has 5 aliphatic rings. The van der Waals surface area contributed by atoms with Crippen molar-refractivity contribution in [3.63, 3.8) is 0 Å². The van der Waals surface area contributed by atoms with Gasteiger partial charge < -0.3 is 20.3 Å². The lowest BCUT2D eigenvalue weighted by atomic mass is 9.44. The molecule has 2 bridgehead atoms. The van der Waals surface area contributed by atoms with Crippen molar-refractivity contribution in [1.82, 2.24) is 5.32 Å². The Hall–Kier alpha value is -1.52. The van der Waals surface area contributed by atoms with Crippen LogP contribution in [-0.2, 0) is 11.8 Å². The summed E-state index contributed by atoms with van der Waals surface area (Å²) < 4.78 is 6.32. The summed E-state index contributed by atoms with van der Waals surface area (Å²) in [7, 11) is 0. The van der Waals surface area contributed by atoms with Gasteiger partial charge in [-0.25, -0.2) is 0 Å². The standard InChI is InChI=1S/C21H25NO3/c1-12-6-7-21(24)19(10-13-2-3-13)11-14-4-5-15(23)17-16(14)20(21,8-9-22-19)18(12)25-17/h4-5,13,18,22-24H,1-3,6-11H2/t18-,19+,20-,21+/m0/s1. The third-order valence-electron chi connectivity index (χ3n) is 7.87. The first-order valence-electron chi connectivity index (χ1n) is 9.68. The Balaban J connectivity index is 1.67. The summed E-state index contributed by atoms with van der Waals surface area (Å²) in [6, 6.07) is 3.81. The summed E-state index contributed by atoms with van der Waals surface area (Å²) in [6.45, 7) is 5.17. The Morgan fingerprint density at radius 3 is 2.92 bits per heavy atom. The highest BCUT2D eigenvalue weighted by Crippen LogP contribution is 2.68. The van der Waals surface area contributed by atoms with E-state index in [0.717, 1.165) is 55.7 Å². The number of ether oxygens (including phenoxy) is 1. The molecule has 0 aromatic heterocycles. The molecule has 3 aliphatic carbocycles. The fourth-order valence-corrected chi connectivity index (χ4v) is 6.70. The molecule has 2 heterocycles. The molecular weight excluding hydrogens is 314 g/mol. The van der Waals surface area contributed by atoms with Gasteiger partial charge >= 0.3 is 0 Å². The highest BCUT2D eigenvalue weighted by atomic mass is 16.5. The number of nitrogens with one attached hydrogen (secondary N) is 1. The average molecular weight is 339 g/mol. The molecule has 6 rings (SSSR count). The number of aliphatic hydroxyl groups is 1. The summed E-state index contributed by atoms with van der Waals surface area (Å²) in [6.07, 6.45) is 6.59. The van der Waals surface area contributed by atoms with Gasteiger partial charge in [0.25, 0.3) is 0 Å². The van der Waals surface area contributed by atoms with E-state index < -0.39 is 11.0 Å². The van der Waals surface area contributed by atoms with E-state index in [-0.39, 0.29) is 17.4 Å². The van der Waals surface area contributed by atoms with Gasteiger partial charge in [-0.05, 0) is 61.8 Å². The number of hydrogen-bond donors (Lipinski definition) is 3. The normalized spacial score (nSPS) is 43.6. The first kappa shape index (κ1) is 14.6. The molecule has 3 N–H and O–H groups in total. The molecule has 0 amide bonds. The third-order valence-corrected chi connectivity index (χ3v) is 7.87. The van der Waals surface area contributed by atoms with Gasteiger partial charge in [0.15, 0.2) is 11.5 Å². The predicted octanol–water partition coefficient (Wildman–Crippen LogP) is 2.56. The topological polar surface area (TPSA) is 61.7 Å². The number of benzene rings is 1. The number of aromatic hydroxyl groups is 1. The largest absolute Gasteiger partial charge is 0.504 e. The second-order valence-corrected chi connectivity index (χ2v) is 9.02. The Labute approximate surface area is 147 Å². The van der Waals surface area contributed by atoms with Crippen LogP contribution in [-0.4, -0.2) is 34.0 Å². The molecule has 1 saturated heterocycles. The Kier molecular flexibility index (Phi) is 2.48. The number of piperidine rings is 1. The monoisotopic (exact) mass is 339 g/mol. The van der Waals surface area contributed by atoms with Crippen molar-refractivity contribution in [2.24, 2.45) is 5.92 Å². The molecule has 25 heavy (non-hydrogen) atoms. The quantitative estimate of drug-likeness (QED) is 0.725. The Morgan fingerprint density at radius 1 is 1.28 bits per heavy atom. The van der Waals surface area contributed by atoms with E-state index in [0.29, 0.717) is 5.75 Å². The summed E-state index contributed by atoms with van der Waals surface area (Å²) in [4.78, 5) is 0. The molecule has 1 aromatic rings. The first-order chi connectivity index (χ1) is 12.0. The van der Waals surface area contributed by atoms with Crippen molar-refractivity contribution in [2.45, 2.75) is 67.6 Å². The average Bonchev–Trinajstić information content (AvgIpc) is 3.30. The van der Waals surface area contributed by atoms with E-state index in [2.05, 4.69) is 11.9 Å². The van der Waals surface area contributed by atoms with Crippen LogP contribution in [0, 0.1) is 5.92 Å². The van der Waals surface area contributed by atoms with E-state index >= 15 is 0 Å². The number of hydrogen-bond acceptors (Lipinski definition) is 4. The van der Waals surface area contributed by atoms with Gasteiger partial charge in [-0.3, -0.25) is 0 Å². The van der Waals surface area contributed by atoms with Crippen LogP contribution in [0.5, 0.6) is 11.5 Å². The minimum absolute atomic E-state index is 0.200. The van der Waals surface area contributed by atoms with Crippen LogP contribution in [0.15, 0.2) is 24.3 Å². The van der Waals surface area contributed by atoms with Gasteiger partial charge in [-0.1, -0.05) is 25.5 Å². The van der Waals surface area contributed by atoms with E-state index in [1.807, 2.05) is 6.07 Å². The molecule has 132 valence electrons. The SMILES string of the molecule is C=C1CC[C@@]2(O)[C@@]3(CC4CC4)Cc4ccc(O)c5c4[C@@]2(CCN3)[C@H]1O5. The van der Waals surface area contributed by atoms with Crippen molar-refractivity contribution < 1.29 is 14.9 Å². The maximum absolute atomic E-state index is 12.3. The second-order valence-electron chi connectivity index (χ2n) is 9.02. The summed E-state index contributed by atoms with van der Waals surface area (Å²) in [5.41, 5.74) is 1.81. The van der Waals surface area contributed by atoms with Gasteiger partial charge in [-0.15, -0.1) is 0 Å². The molecule has 1 aromatic carbocycles. The van der Waals surface area contributed by atoms with Gasteiger partial charge in [0.2, 0.25) is 0 Å². The van der Waals surface area contributed by atoms with Crippen molar-refractivity contribution in [3.8, 4) is 11.5 Å². The number of rotatable bonds is 2. The minimum Gasteiger partial charge on any atom is -0.504 e. The summed E-state index contributed by atoms with van der Waals surface area (Å²) in [5.74, 6) is 1.53. The Morgan fingerprint density at radius 2 is 2.12 bits per heavy atom. The third kappa shape index (κ3) is 1.46. The van der Waals surface area contributed by atoms with Gasteiger partial charge in [0.1, 0.15) is 6.10 Å². The van der Waals surface area contributed by atoms with Gasteiger partial charge in [0, 0.05) is 5.56 Å². The lowest BCUT2D eigenvalue weighted by Crippen LogP contribution is -2.81. The molecule has 4 heteroatoms. The van der Waals surface area contributed by atoms with Crippen LogP contribution in [0.2, 0.25) is 0 Å². The van der Waals surface area contributed by atoms with E-state index in [9.17, 15) is 10.2 Å². The fourth-order valence-electron chi connectivity index (χ4n) is 6.70. The predicted molar refractivity (Wildman–Crippen MR) is 93.9 cm³/mol. The molecule has 2 saturated carbocycles. The number of phenolic OH excluding ortho intramolecular Hbond substituents is 1. The fraction of sp³-hybridized carbons (Fsp3) is 0.619. The van der Waals surface area contributed by atoms with E-state index in [4.69, 9.17) is 4.74 Å². The molecule has 2 aliphatic heterocycles. The molecule has 3 fully saturated rings. The van der Waals surface area contributed by atoms with Crippen LogP contribution in [0.3, 0.4) is 0 Å².